The van der Waals surface area contributed by atoms with Gasteiger partial charge < -0.3 is 28.6 Å². The highest BCUT2D eigenvalue weighted by Gasteiger charge is 2.50. The Balaban J connectivity index is 0.000000404. The molecule has 51 heavy (non-hydrogen) atoms. The van der Waals surface area contributed by atoms with E-state index in [0.717, 1.165) is 5.75 Å². The molecule has 2 fully saturated rings. The Kier molecular flexibility index (Phi) is 14.0. The number of Topliss-reactive ketones (excluding diaryl/α,β-unsaturated/α-hetero) is 1. The van der Waals surface area contributed by atoms with E-state index in [1.807, 2.05) is 38.1 Å². The molecule has 2 heterocycles. The summed E-state index contributed by atoms with van der Waals surface area (Å²) in [5.41, 5.74) is 0.624. The number of esters is 1. The van der Waals surface area contributed by atoms with Crippen LogP contribution in [0.15, 0.2) is 24.3 Å². The number of nitrogens with one attached hydrogen (secondary N) is 2. The molecule has 2 aliphatic rings. The van der Waals surface area contributed by atoms with Crippen molar-refractivity contribution >= 4 is 48.5 Å². The predicted molar refractivity (Wildman–Crippen MR) is 211 cm³/mol. The molecular formula is C38H68N2O8Si3. The summed E-state index contributed by atoms with van der Waals surface area (Å²) < 4.78 is 24.0. The number of ether oxygens (including phenoxy) is 1. The lowest BCUT2D eigenvalue weighted by Gasteiger charge is -2.45. The van der Waals surface area contributed by atoms with Gasteiger partial charge in [-0.15, -0.1) is 0 Å². The van der Waals surface area contributed by atoms with Crippen LogP contribution in [0.2, 0.25) is 54.4 Å². The van der Waals surface area contributed by atoms with Crippen molar-refractivity contribution in [1.29, 1.82) is 0 Å². The number of benzene rings is 1. The van der Waals surface area contributed by atoms with E-state index < -0.39 is 43.1 Å². The van der Waals surface area contributed by atoms with Crippen molar-refractivity contribution in [3.63, 3.8) is 0 Å². The van der Waals surface area contributed by atoms with Crippen molar-refractivity contribution in [1.82, 2.24) is 10.6 Å². The van der Waals surface area contributed by atoms with Crippen LogP contribution >= 0.6 is 0 Å². The summed E-state index contributed by atoms with van der Waals surface area (Å²) >= 11 is 0. The molecule has 2 amide bonds. The van der Waals surface area contributed by atoms with Gasteiger partial charge in [0.1, 0.15) is 11.7 Å². The maximum atomic E-state index is 13.1. The van der Waals surface area contributed by atoms with Crippen LogP contribution in [0.25, 0.3) is 0 Å². The van der Waals surface area contributed by atoms with Crippen LogP contribution in [0, 0.1) is 11.8 Å². The Hall–Kier alpha value is -2.33. The second-order valence-electron chi connectivity index (χ2n) is 18.9. The van der Waals surface area contributed by atoms with Gasteiger partial charge in [-0.25, -0.2) is 0 Å². The number of β-lactam (4-membered cyclic amide) rings is 2. The third kappa shape index (κ3) is 11.3. The largest absolute Gasteiger partial charge is 0.543 e. The number of hydrogen-bond donors (Lipinski definition) is 2. The fraction of sp³-hybridized carbons (Fsp3) is 0.737. The smallest absolute Gasteiger partial charge is 0.304 e. The van der Waals surface area contributed by atoms with Crippen molar-refractivity contribution in [2.45, 2.75) is 168 Å². The summed E-state index contributed by atoms with van der Waals surface area (Å²) in [6.45, 7) is 37.8. The SMILES string of the molecule is CC(=O)O[C@H]1NC(=O)[C@@H]1[C@@H](C)O[Si](C)(C)C(C)(C)C.C[C@@H](O[Si](C)(C)C(C)(C)C)[C@H]1C(=O)N[C@@H]1CC(=O)c1cccc(O[Si](C)(C)C(C)(C)C)c1. The molecule has 3 rings (SSSR count). The van der Waals surface area contributed by atoms with Crippen LogP contribution in [0.4, 0.5) is 0 Å². The van der Waals surface area contributed by atoms with Crippen LogP contribution in [0.1, 0.15) is 99.9 Å². The average Bonchev–Trinajstić information content (AvgIpc) is 2.89. The van der Waals surface area contributed by atoms with Crippen molar-refractivity contribution in [3.05, 3.63) is 29.8 Å². The zero-order valence-electron chi connectivity index (χ0n) is 34.7. The van der Waals surface area contributed by atoms with E-state index in [1.54, 1.807) is 0 Å². The maximum absolute atomic E-state index is 13.1. The van der Waals surface area contributed by atoms with Crippen LogP contribution in [-0.4, -0.2) is 73.0 Å². The number of rotatable bonds is 12. The van der Waals surface area contributed by atoms with E-state index >= 15 is 0 Å². The summed E-state index contributed by atoms with van der Waals surface area (Å²) in [7, 11) is -5.92. The number of hydrogen-bond acceptors (Lipinski definition) is 8. The first-order valence-electron chi connectivity index (χ1n) is 18.3. The van der Waals surface area contributed by atoms with Gasteiger partial charge in [0.05, 0.1) is 24.2 Å². The third-order valence-electron chi connectivity index (χ3n) is 11.6. The number of carbonyl (C=O) groups is 4. The lowest BCUT2D eigenvalue weighted by atomic mass is 9.82. The molecule has 0 aliphatic carbocycles. The van der Waals surface area contributed by atoms with Gasteiger partial charge in [0, 0.05) is 18.9 Å². The van der Waals surface area contributed by atoms with Gasteiger partial charge in [-0.3, -0.25) is 19.2 Å². The molecule has 2 saturated heterocycles. The molecule has 2 N–H and O–H groups in total. The fourth-order valence-corrected chi connectivity index (χ4v) is 9.09. The number of ketones is 1. The topological polar surface area (TPSA) is 129 Å². The summed E-state index contributed by atoms with van der Waals surface area (Å²) in [5.74, 6) is -0.472. The second kappa shape index (κ2) is 16.0. The molecule has 290 valence electrons. The van der Waals surface area contributed by atoms with Crippen molar-refractivity contribution in [2.24, 2.45) is 11.8 Å². The van der Waals surface area contributed by atoms with E-state index in [1.165, 1.54) is 6.92 Å². The molecule has 0 saturated carbocycles. The summed E-state index contributed by atoms with van der Waals surface area (Å²) in [5, 5.41) is 5.73. The van der Waals surface area contributed by atoms with E-state index in [9.17, 15) is 19.2 Å². The van der Waals surface area contributed by atoms with Crippen molar-refractivity contribution in [3.8, 4) is 5.75 Å². The minimum atomic E-state index is -2.00. The molecule has 0 radical (unpaired) electrons. The Labute approximate surface area is 311 Å². The highest BCUT2D eigenvalue weighted by Crippen LogP contribution is 2.41. The van der Waals surface area contributed by atoms with Gasteiger partial charge in [0.25, 0.3) is 0 Å². The summed E-state index contributed by atoms with van der Waals surface area (Å²) in [6.07, 6.45) is -0.745. The maximum Gasteiger partial charge on any atom is 0.304 e. The van der Waals surface area contributed by atoms with Crippen LogP contribution < -0.4 is 15.1 Å². The molecule has 13 heteroatoms. The minimum Gasteiger partial charge on any atom is -0.543 e. The second-order valence-corrected chi connectivity index (χ2v) is 33.1. The minimum absolute atomic E-state index is 0.0141. The first-order valence-corrected chi connectivity index (χ1v) is 27.0. The Morgan fingerprint density at radius 2 is 1.18 bits per heavy atom. The fourth-order valence-electron chi connectivity index (χ4n) is 5.21. The van der Waals surface area contributed by atoms with E-state index in [4.69, 9.17) is 18.0 Å². The van der Waals surface area contributed by atoms with Gasteiger partial charge >= 0.3 is 5.97 Å². The van der Waals surface area contributed by atoms with E-state index in [0.29, 0.717) is 5.56 Å². The van der Waals surface area contributed by atoms with Crippen molar-refractivity contribution < 1.29 is 37.2 Å². The van der Waals surface area contributed by atoms with Crippen LogP contribution in [-0.2, 0) is 28.0 Å². The molecule has 0 bridgehead atoms. The molecule has 1 aromatic rings. The Bertz CT molecular complexity index is 1430. The molecule has 2 aliphatic heterocycles. The van der Waals surface area contributed by atoms with Gasteiger partial charge in [-0.2, -0.15) is 0 Å². The molecule has 1 aromatic carbocycles. The normalized spacial score (nSPS) is 22.5. The third-order valence-corrected chi connectivity index (χ3v) is 25.1. The standard InChI is InChI=1S/C25H43NO4Si2.C13H25NO4Si/c1-17(29-31(8,9)24(2,3)4)22-20(26-23(22)28)16-21(27)18-13-12-14-19(15-18)30-32(10,11)25(5,6)7;1-8(18-19(6,7)13(3,4)5)10-11(16)14-12(10)17-9(2)15/h12-15,17,20,22H,16H2,1-11H3,(H,26,28);8,10,12H,1-7H3,(H,14,16)/t17-,20-,22-;8-,10+,12-/m11/s1. The number of carbonyl (C=O) groups excluding carboxylic acids is 4. The Morgan fingerprint density at radius 3 is 1.59 bits per heavy atom. The van der Waals surface area contributed by atoms with Crippen LogP contribution in [0.5, 0.6) is 5.75 Å². The van der Waals surface area contributed by atoms with Gasteiger partial charge in [-0.1, -0.05) is 74.4 Å². The van der Waals surface area contributed by atoms with E-state index in [2.05, 4.69) is 112 Å². The molecular weight excluding hydrogens is 697 g/mol. The number of amides is 2. The lowest BCUT2D eigenvalue weighted by Crippen LogP contribution is -2.65. The van der Waals surface area contributed by atoms with E-state index in [-0.39, 0.29) is 63.3 Å². The zero-order valence-corrected chi connectivity index (χ0v) is 37.7. The molecule has 10 nitrogen and oxygen atoms in total. The Morgan fingerprint density at radius 1 is 0.725 bits per heavy atom. The highest BCUT2D eigenvalue weighted by atomic mass is 28.4. The van der Waals surface area contributed by atoms with Gasteiger partial charge in [0.15, 0.2) is 28.6 Å². The monoisotopic (exact) mass is 764 g/mol. The quantitative estimate of drug-likeness (QED) is 0.0944. The molecule has 0 unspecified atom stereocenters. The highest BCUT2D eigenvalue weighted by molar-refractivity contribution is 6.75. The molecule has 0 spiro atoms. The first-order chi connectivity index (χ1) is 22.8. The van der Waals surface area contributed by atoms with Gasteiger partial charge in [-0.05, 0) is 80.4 Å². The zero-order chi connectivity index (χ0) is 39.7. The predicted octanol–water partition coefficient (Wildman–Crippen LogP) is 8.20. The van der Waals surface area contributed by atoms with Gasteiger partial charge in [0.2, 0.25) is 20.1 Å². The lowest BCUT2D eigenvalue weighted by molar-refractivity contribution is -0.173. The summed E-state index contributed by atoms with van der Waals surface area (Å²) in [6, 6.07) is 7.26. The van der Waals surface area contributed by atoms with Crippen molar-refractivity contribution in [2.75, 3.05) is 0 Å². The first kappa shape index (κ1) is 44.8. The molecule has 0 aromatic heterocycles. The molecule has 6 atom stereocenters. The summed E-state index contributed by atoms with van der Waals surface area (Å²) in [4.78, 5) is 48.0. The van der Waals surface area contributed by atoms with Crippen LogP contribution in [0.3, 0.4) is 0 Å². The average molecular weight is 765 g/mol.